The van der Waals surface area contributed by atoms with Crippen molar-refractivity contribution >= 4 is 23.1 Å². The van der Waals surface area contributed by atoms with Crippen molar-refractivity contribution in [3.63, 3.8) is 0 Å². The molecule has 3 rings (SSSR count). The van der Waals surface area contributed by atoms with Gasteiger partial charge in [0.25, 0.3) is 0 Å². The highest BCUT2D eigenvalue weighted by Gasteiger charge is 2.21. The average Bonchev–Trinajstić information content (AvgIpc) is 3.02. The third-order valence-corrected chi connectivity index (χ3v) is 4.96. The molecule has 0 fully saturated rings. The highest BCUT2D eigenvalue weighted by molar-refractivity contribution is 6.17. The van der Waals surface area contributed by atoms with Crippen LogP contribution in [-0.4, -0.2) is 53.6 Å². The Balaban J connectivity index is 1.99. The van der Waals surface area contributed by atoms with Crippen molar-refractivity contribution in [2.45, 2.75) is 13.5 Å². The number of amides is 1. The molecule has 146 valence electrons. The number of ketones is 1. The van der Waals surface area contributed by atoms with Gasteiger partial charge in [0.05, 0.1) is 19.3 Å². The number of ether oxygens (including phenoxy) is 1. The summed E-state index contributed by atoms with van der Waals surface area (Å²) in [4.78, 5) is 25.9. The first-order valence-corrected chi connectivity index (χ1v) is 9.17. The van der Waals surface area contributed by atoms with E-state index in [2.05, 4.69) is 4.57 Å². The number of fused-ring (bicyclic) bond motifs is 1. The average molecular weight is 380 g/mol. The fraction of sp³-hybridized carbons (Fsp3) is 0.273. The van der Waals surface area contributed by atoms with Gasteiger partial charge in [-0.05, 0) is 37.3 Å². The van der Waals surface area contributed by atoms with Gasteiger partial charge >= 0.3 is 0 Å². The number of carbonyl (C=O) groups is 2. The van der Waals surface area contributed by atoms with E-state index in [0.717, 1.165) is 23.0 Å². The summed E-state index contributed by atoms with van der Waals surface area (Å²) in [5, 5.41) is 9.96. The van der Waals surface area contributed by atoms with E-state index in [0.29, 0.717) is 36.5 Å². The molecule has 0 aliphatic heterocycles. The molecule has 1 N–H and O–H groups in total. The standard InChI is InChI=1S/C22H24N2O4/c1-16-21(22(27)17-7-9-18(28-2)10-8-17)19-5-3-4-6-20(19)24(16)12-11-23(15-26)13-14-25/h3-10,15,25H,11-14H2,1-2H3. The SMILES string of the molecule is COc1ccc(C(=O)c2c(C)n(CCN(C=O)CCO)c3ccccc23)cc1. The van der Waals surface area contributed by atoms with Crippen LogP contribution in [0.3, 0.4) is 0 Å². The van der Waals surface area contributed by atoms with E-state index in [9.17, 15) is 9.59 Å². The molecule has 1 amide bonds. The Morgan fingerprint density at radius 2 is 1.86 bits per heavy atom. The Labute approximate surface area is 163 Å². The number of benzene rings is 2. The van der Waals surface area contributed by atoms with E-state index in [4.69, 9.17) is 9.84 Å². The molecule has 0 aliphatic rings. The van der Waals surface area contributed by atoms with Crippen molar-refractivity contribution in [2.75, 3.05) is 26.8 Å². The summed E-state index contributed by atoms with van der Waals surface area (Å²) >= 11 is 0. The number of methoxy groups -OCH3 is 1. The zero-order valence-corrected chi connectivity index (χ0v) is 16.1. The minimum atomic E-state index is -0.0780. The lowest BCUT2D eigenvalue weighted by Crippen LogP contribution is -2.29. The number of carbonyl (C=O) groups excluding carboxylic acids is 2. The maximum Gasteiger partial charge on any atom is 0.209 e. The van der Waals surface area contributed by atoms with E-state index in [-0.39, 0.29) is 12.4 Å². The molecule has 6 heteroatoms. The van der Waals surface area contributed by atoms with Crippen LogP contribution in [0, 0.1) is 6.92 Å². The first kappa shape index (κ1) is 19.6. The molecule has 3 aromatic rings. The lowest BCUT2D eigenvalue weighted by molar-refractivity contribution is -0.118. The van der Waals surface area contributed by atoms with Crippen molar-refractivity contribution in [1.29, 1.82) is 0 Å². The van der Waals surface area contributed by atoms with Gasteiger partial charge in [-0.25, -0.2) is 0 Å². The second-order valence-corrected chi connectivity index (χ2v) is 6.55. The lowest BCUT2D eigenvalue weighted by Gasteiger charge is -2.17. The second kappa shape index (κ2) is 8.71. The monoisotopic (exact) mass is 380 g/mol. The molecule has 0 saturated heterocycles. The minimum Gasteiger partial charge on any atom is -0.497 e. The van der Waals surface area contributed by atoms with Gasteiger partial charge in [-0.3, -0.25) is 9.59 Å². The maximum atomic E-state index is 13.2. The fourth-order valence-corrected chi connectivity index (χ4v) is 3.47. The lowest BCUT2D eigenvalue weighted by atomic mass is 10.0. The predicted octanol–water partition coefficient (Wildman–Crippen LogP) is 2.64. The van der Waals surface area contributed by atoms with E-state index in [1.807, 2.05) is 31.2 Å². The van der Waals surface area contributed by atoms with E-state index < -0.39 is 0 Å². The van der Waals surface area contributed by atoms with Crippen LogP contribution in [0.2, 0.25) is 0 Å². The van der Waals surface area contributed by atoms with Gasteiger partial charge in [0.15, 0.2) is 5.78 Å². The summed E-state index contributed by atoms with van der Waals surface area (Å²) in [6.45, 7) is 3.14. The van der Waals surface area contributed by atoms with Crippen molar-refractivity contribution in [2.24, 2.45) is 0 Å². The third kappa shape index (κ3) is 3.77. The molecule has 0 bridgehead atoms. The van der Waals surface area contributed by atoms with Gasteiger partial charge < -0.3 is 19.3 Å². The molecule has 6 nitrogen and oxygen atoms in total. The van der Waals surface area contributed by atoms with Gasteiger partial charge in [-0.2, -0.15) is 0 Å². The van der Waals surface area contributed by atoms with Crippen molar-refractivity contribution in [1.82, 2.24) is 9.47 Å². The molecule has 1 aromatic heterocycles. The Morgan fingerprint density at radius 3 is 2.50 bits per heavy atom. The van der Waals surface area contributed by atoms with Crippen LogP contribution in [0.25, 0.3) is 10.9 Å². The highest BCUT2D eigenvalue weighted by Crippen LogP contribution is 2.28. The molecule has 0 atom stereocenters. The third-order valence-electron chi connectivity index (χ3n) is 4.96. The van der Waals surface area contributed by atoms with Gasteiger partial charge in [-0.15, -0.1) is 0 Å². The topological polar surface area (TPSA) is 71.8 Å². The van der Waals surface area contributed by atoms with Crippen LogP contribution in [0.5, 0.6) is 5.75 Å². The number of hydrogen-bond donors (Lipinski definition) is 1. The van der Waals surface area contributed by atoms with E-state index in [1.165, 1.54) is 4.90 Å². The van der Waals surface area contributed by atoms with Crippen LogP contribution in [0.15, 0.2) is 48.5 Å². The van der Waals surface area contributed by atoms with Crippen LogP contribution in [0.1, 0.15) is 21.6 Å². The molecule has 0 unspecified atom stereocenters. The van der Waals surface area contributed by atoms with Gasteiger partial charge in [-0.1, -0.05) is 18.2 Å². The fourth-order valence-electron chi connectivity index (χ4n) is 3.47. The van der Waals surface area contributed by atoms with Crippen molar-refractivity contribution in [3.05, 3.63) is 65.4 Å². The Hall–Kier alpha value is -3.12. The normalized spacial score (nSPS) is 10.8. The molecule has 28 heavy (non-hydrogen) atoms. The zero-order valence-electron chi connectivity index (χ0n) is 16.1. The number of hydrogen-bond acceptors (Lipinski definition) is 4. The summed E-state index contributed by atoms with van der Waals surface area (Å²) in [7, 11) is 1.59. The van der Waals surface area contributed by atoms with Crippen LogP contribution >= 0.6 is 0 Å². The summed E-state index contributed by atoms with van der Waals surface area (Å²) < 4.78 is 7.23. The Bertz CT molecular complexity index is 976. The first-order chi connectivity index (χ1) is 13.6. The molecule has 1 heterocycles. The Kier molecular flexibility index (Phi) is 6.11. The Morgan fingerprint density at radius 1 is 1.14 bits per heavy atom. The second-order valence-electron chi connectivity index (χ2n) is 6.55. The first-order valence-electron chi connectivity index (χ1n) is 9.17. The zero-order chi connectivity index (χ0) is 20.1. The van der Waals surface area contributed by atoms with Gasteiger partial charge in [0, 0.05) is 41.8 Å². The number of aliphatic hydroxyl groups excluding tert-OH is 1. The summed E-state index contributed by atoms with van der Waals surface area (Å²) in [6, 6.07) is 14.9. The number of nitrogens with zero attached hydrogens (tertiary/aromatic N) is 2. The molecular formula is C22H24N2O4. The van der Waals surface area contributed by atoms with E-state index >= 15 is 0 Å². The number of aliphatic hydroxyl groups is 1. The smallest absolute Gasteiger partial charge is 0.209 e. The quantitative estimate of drug-likeness (QED) is 0.458. The highest BCUT2D eigenvalue weighted by atomic mass is 16.5. The summed E-state index contributed by atoms with van der Waals surface area (Å²) in [6.07, 6.45) is 0.737. The van der Waals surface area contributed by atoms with Crippen molar-refractivity contribution < 1.29 is 19.4 Å². The molecule has 0 saturated carbocycles. The largest absolute Gasteiger partial charge is 0.497 e. The molecule has 0 radical (unpaired) electrons. The summed E-state index contributed by atoms with van der Waals surface area (Å²) in [5.74, 6) is 0.659. The number of para-hydroxylation sites is 1. The molecule has 0 spiro atoms. The van der Waals surface area contributed by atoms with Gasteiger partial charge in [0.1, 0.15) is 5.75 Å². The predicted molar refractivity (Wildman–Crippen MR) is 108 cm³/mol. The summed E-state index contributed by atoms with van der Waals surface area (Å²) in [5.41, 5.74) is 3.07. The minimum absolute atomic E-state index is 0.0438. The number of aromatic nitrogens is 1. The van der Waals surface area contributed by atoms with E-state index in [1.54, 1.807) is 31.4 Å². The van der Waals surface area contributed by atoms with Crippen LogP contribution in [-0.2, 0) is 11.3 Å². The molecule has 0 aliphatic carbocycles. The van der Waals surface area contributed by atoms with Crippen molar-refractivity contribution in [3.8, 4) is 5.75 Å². The molecule has 2 aromatic carbocycles. The van der Waals surface area contributed by atoms with Crippen LogP contribution in [0.4, 0.5) is 0 Å². The van der Waals surface area contributed by atoms with Crippen LogP contribution < -0.4 is 4.74 Å². The molecular weight excluding hydrogens is 356 g/mol. The van der Waals surface area contributed by atoms with Gasteiger partial charge in [0.2, 0.25) is 6.41 Å². The maximum absolute atomic E-state index is 13.2. The number of rotatable bonds is 9.